The third-order valence-corrected chi connectivity index (χ3v) is 3.05. The number of anilines is 1. The molecule has 2 heterocycles. The summed E-state index contributed by atoms with van der Waals surface area (Å²) in [7, 11) is 0. The summed E-state index contributed by atoms with van der Waals surface area (Å²) in [6, 6.07) is 12.3. The molecule has 0 amide bonds. The van der Waals surface area contributed by atoms with Crippen molar-refractivity contribution in [3.8, 4) is 11.3 Å². The molecule has 3 aromatic rings. The predicted octanol–water partition coefficient (Wildman–Crippen LogP) is 2.97. The summed E-state index contributed by atoms with van der Waals surface area (Å²) in [6.45, 7) is 2.09. The van der Waals surface area contributed by atoms with Gasteiger partial charge in [-0.15, -0.1) is 0 Å². The number of rotatable bonds is 4. The van der Waals surface area contributed by atoms with Gasteiger partial charge in [-0.3, -0.25) is 10.2 Å². The molecule has 1 atom stereocenters. The summed E-state index contributed by atoms with van der Waals surface area (Å²) < 4.78 is 0. The summed E-state index contributed by atoms with van der Waals surface area (Å²) in [5.74, 6) is 0. The van der Waals surface area contributed by atoms with Crippen molar-refractivity contribution in [2.45, 2.75) is 13.0 Å². The maximum absolute atomic E-state index is 3.97. The first-order valence-corrected chi connectivity index (χ1v) is 6.18. The van der Waals surface area contributed by atoms with Crippen molar-refractivity contribution in [1.82, 2.24) is 20.4 Å². The van der Waals surface area contributed by atoms with E-state index < -0.39 is 0 Å². The number of aromatic amines is 2. The summed E-state index contributed by atoms with van der Waals surface area (Å²) in [6.07, 6.45) is 3.51. The summed E-state index contributed by atoms with van der Waals surface area (Å²) >= 11 is 0. The molecule has 1 unspecified atom stereocenters. The van der Waals surface area contributed by atoms with Crippen molar-refractivity contribution in [2.75, 3.05) is 5.32 Å². The molecule has 1 aromatic carbocycles. The van der Waals surface area contributed by atoms with Crippen LogP contribution in [0.2, 0.25) is 0 Å². The molecule has 19 heavy (non-hydrogen) atoms. The zero-order valence-electron chi connectivity index (χ0n) is 10.6. The van der Waals surface area contributed by atoms with Gasteiger partial charge in [-0.2, -0.15) is 10.2 Å². The van der Waals surface area contributed by atoms with Gasteiger partial charge in [0.2, 0.25) is 0 Å². The van der Waals surface area contributed by atoms with Crippen LogP contribution in [0.25, 0.3) is 11.3 Å². The topological polar surface area (TPSA) is 69.4 Å². The molecular weight excluding hydrogens is 238 g/mol. The van der Waals surface area contributed by atoms with Gasteiger partial charge in [0.25, 0.3) is 0 Å². The Morgan fingerprint density at radius 1 is 1.05 bits per heavy atom. The van der Waals surface area contributed by atoms with Crippen LogP contribution < -0.4 is 5.32 Å². The van der Waals surface area contributed by atoms with Gasteiger partial charge >= 0.3 is 0 Å². The molecule has 3 rings (SSSR count). The van der Waals surface area contributed by atoms with E-state index in [-0.39, 0.29) is 6.04 Å². The van der Waals surface area contributed by atoms with Crippen LogP contribution in [0.5, 0.6) is 0 Å². The van der Waals surface area contributed by atoms with Gasteiger partial charge in [-0.1, -0.05) is 12.1 Å². The quantitative estimate of drug-likeness (QED) is 0.669. The molecule has 96 valence electrons. The first kappa shape index (κ1) is 11.5. The lowest BCUT2D eigenvalue weighted by Gasteiger charge is -2.14. The maximum atomic E-state index is 3.97. The third kappa shape index (κ3) is 2.49. The van der Waals surface area contributed by atoms with E-state index in [1.807, 2.05) is 24.3 Å². The van der Waals surface area contributed by atoms with Crippen molar-refractivity contribution in [3.05, 3.63) is 54.5 Å². The molecule has 0 fully saturated rings. The van der Waals surface area contributed by atoms with E-state index in [1.165, 1.54) is 0 Å². The van der Waals surface area contributed by atoms with E-state index in [4.69, 9.17) is 0 Å². The molecular formula is C14H15N5. The maximum Gasteiger partial charge on any atom is 0.0651 e. The minimum Gasteiger partial charge on any atom is -0.377 e. The number of aromatic nitrogens is 4. The predicted molar refractivity (Wildman–Crippen MR) is 74.6 cm³/mol. The van der Waals surface area contributed by atoms with E-state index in [0.29, 0.717) is 0 Å². The summed E-state index contributed by atoms with van der Waals surface area (Å²) in [5.41, 5.74) is 4.25. The molecule has 0 aliphatic rings. The Labute approximate surface area is 111 Å². The molecule has 3 N–H and O–H groups in total. The zero-order chi connectivity index (χ0) is 13.1. The Hall–Kier alpha value is -2.56. The molecule has 0 aliphatic carbocycles. The Morgan fingerprint density at radius 2 is 1.89 bits per heavy atom. The highest BCUT2D eigenvalue weighted by Gasteiger charge is 2.07. The van der Waals surface area contributed by atoms with E-state index in [9.17, 15) is 0 Å². The van der Waals surface area contributed by atoms with Gasteiger partial charge in [0.05, 0.1) is 17.4 Å². The zero-order valence-corrected chi connectivity index (χ0v) is 10.6. The van der Waals surface area contributed by atoms with Gasteiger partial charge in [0.1, 0.15) is 0 Å². The molecule has 0 saturated carbocycles. The van der Waals surface area contributed by atoms with Crippen LogP contribution in [0.15, 0.2) is 48.8 Å². The summed E-state index contributed by atoms with van der Waals surface area (Å²) in [4.78, 5) is 0. The highest BCUT2D eigenvalue weighted by Crippen LogP contribution is 2.23. The van der Waals surface area contributed by atoms with E-state index in [1.54, 1.807) is 12.4 Å². The van der Waals surface area contributed by atoms with Crippen LogP contribution in [0.3, 0.4) is 0 Å². The number of nitrogens with zero attached hydrogens (tertiary/aromatic N) is 2. The molecule has 0 saturated heterocycles. The minimum absolute atomic E-state index is 0.180. The Kier molecular flexibility index (Phi) is 3.02. The van der Waals surface area contributed by atoms with Crippen molar-refractivity contribution in [1.29, 1.82) is 0 Å². The Balaban J connectivity index is 1.80. The van der Waals surface area contributed by atoms with Gasteiger partial charge in [0, 0.05) is 23.6 Å². The molecule has 0 radical (unpaired) electrons. The van der Waals surface area contributed by atoms with E-state index >= 15 is 0 Å². The van der Waals surface area contributed by atoms with Crippen molar-refractivity contribution >= 4 is 5.69 Å². The molecule has 2 aromatic heterocycles. The Bertz CT molecular complexity index is 628. The molecule has 5 heteroatoms. The fraction of sp³-hybridized carbons (Fsp3) is 0.143. The SMILES string of the molecule is CC(Nc1cccc(-c2ccn[nH]2)c1)c1ccn[nH]1. The summed E-state index contributed by atoms with van der Waals surface area (Å²) in [5, 5.41) is 17.3. The molecule has 0 spiro atoms. The van der Waals surface area contributed by atoms with Gasteiger partial charge in [-0.25, -0.2) is 0 Å². The monoisotopic (exact) mass is 253 g/mol. The van der Waals surface area contributed by atoms with Crippen LogP contribution in [0.4, 0.5) is 5.69 Å². The number of H-pyrrole nitrogens is 2. The lowest BCUT2D eigenvalue weighted by molar-refractivity contribution is 0.826. The first-order chi connectivity index (χ1) is 9.33. The second-order valence-corrected chi connectivity index (χ2v) is 4.43. The number of hydrogen-bond acceptors (Lipinski definition) is 3. The van der Waals surface area contributed by atoms with Gasteiger partial charge in [-0.05, 0) is 31.2 Å². The fourth-order valence-electron chi connectivity index (χ4n) is 2.03. The highest BCUT2D eigenvalue weighted by atomic mass is 15.1. The standard InChI is InChI=1S/C14H15N5/c1-10(13-5-7-15-18-13)17-12-4-2-3-11(9-12)14-6-8-16-19-14/h2-10,17H,1H3,(H,15,18)(H,16,19). The van der Waals surface area contributed by atoms with Crippen molar-refractivity contribution in [2.24, 2.45) is 0 Å². The van der Waals surface area contributed by atoms with E-state index in [0.717, 1.165) is 22.6 Å². The average molecular weight is 253 g/mol. The smallest absolute Gasteiger partial charge is 0.0651 e. The van der Waals surface area contributed by atoms with E-state index in [2.05, 4.69) is 44.8 Å². The van der Waals surface area contributed by atoms with Crippen LogP contribution in [-0.2, 0) is 0 Å². The fourth-order valence-corrected chi connectivity index (χ4v) is 2.03. The molecule has 0 aliphatic heterocycles. The van der Waals surface area contributed by atoms with Gasteiger partial charge < -0.3 is 5.32 Å². The van der Waals surface area contributed by atoms with Crippen LogP contribution in [0, 0.1) is 0 Å². The Morgan fingerprint density at radius 3 is 2.63 bits per heavy atom. The average Bonchev–Trinajstić information content (AvgIpc) is 3.13. The first-order valence-electron chi connectivity index (χ1n) is 6.18. The van der Waals surface area contributed by atoms with Crippen LogP contribution in [-0.4, -0.2) is 20.4 Å². The van der Waals surface area contributed by atoms with Gasteiger partial charge in [0.15, 0.2) is 0 Å². The van der Waals surface area contributed by atoms with Crippen molar-refractivity contribution in [3.63, 3.8) is 0 Å². The highest BCUT2D eigenvalue weighted by molar-refractivity contribution is 5.64. The lowest BCUT2D eigenvalue weighted by atomic mass is 10.1. The largest absolute Gasteiger partial charge is 0.377 e. The van der Waals surface area contributed by atoms with Crippen LogP contribution >= 0.6 is 0 Å². The number of nitrogens with one attached hydrogen (secondary N) is 3. The molecule has 5 nitrogen and oxygen atoms in total. The second-order valence-electron chi connectivity index (χ2n) is 4.43. The van der Waals surface area contributed by atoms with Crippen molar-refractivity contribution < 1.29 is 0 Å². The minimum atomic E-state index is 0.180. The lowest BCUT2D eigenvalue weighted by Crippen LogP contribution is -2.07. The normalized spacial score (nSPS) is 12.3. The molecule has 0 bridgehead atoms. The number of hydrogen-bond donors (Lipinski definition) is 3. The second kappa shape index (κ2) is 4.97. The van der Waals surface area contributed by atoms with Crippen LogP contribution in [0.1, 0.15) is 18.7 Å². The third-order valence-electron chi connectivity index (χ3n) is 3.05. The number of benzene rings is 1.